The van der Waals surface area contributed by atoms with Crippen LogP contribution in [0, 0.1) is 5.82 Å². The molecule has 0 bridgehead atoms. The minimum atomic E-state index is -1.25. The number of halogens is 1. The van der Waals surface area contributed by atoms with Gasteiger partial charge < -0.3 is 9.84 Å². The van der Waals surface area contributed by atoms with Gasteiger partial charge in [-0.2, -0.15) is 0 Å². The van der Waals surface area contributed by atoms with Crippen LogP contribution in [-0.2, 0) is 9.53 Å². The number of carbonyl (C=O) groups is 1. The van der Waals surface area contributed by atoms with Crippen LogP contribution in [-0.4, -0.2) is 23.8 Å². The van der Waals surface area contributed by atoms with Crippen molar-refractivity contribution in [2.45, 2.75) is 32.3 Å². The van der Waals surface area contributed by atoms with Gasteiger partial charge in [-0.25, -0.2) is 9.18 Å². The topological polar surface area (TPSA) is 46.5 Å². The van der Waals surface area contributed by atoms with Gasteiger partial charge in [-0.3, -0.25) is 0 Å². The lowest BCUT2D eigenvalue weighted by Crippen LogP contribution is -2.29. The maximum absolute atomic E-state index is 13.1. The van der Waals surface area contributed by atoms with Crippen molar-refractivity contribution >= 4 is 5.97 Å². The smallest absolute Gasteiger partial charge is 0.335 e. The molecule has 3 nitrogen and oxygen atoms in total. The summed E-state index contributed by atoms with van der Waals surface area (Å²) in [6.07, 6.45) is -0.717. The van der Waals surface area contributed by atoms with Crippen molar-refractivity contribution < 1.29 is 19.0 Å². The predicted octanol–water partition coefficient (Wildman–Crippen LogP) is 2.24. The second kappa shape index (κ2) is 6.35. The van der Waals surface area contributed by atoms with Gasteiger partial charge in [0, 0.05) is 5.92 Å². The summed E-state index contributed by atoms with van der Waals surface area (Å²) in [5.41, 5.74) is 0.605. The lowest BCUT2D eigenvalue weighted by atomic mass is 9.91. The molecule has 0 heterocycles. The minimum absolute atomic E-state index is 0.218. The third-order valence-electron chi connectivity index (χ3n) is 2.63. The van der Waals surface area contributed by atoms with Crippen molar-refractivity contribution in [1.82, 2.24) is 0 Å². The zero-order valence-corrected chi connectivity index (χ0v) is 10.0. The highest BCUT2D eigenvalue weighted by Crippen LogP contribution is 2.24. The molecule has 4 heteroatoms. The number of hydrogen-bond donors (Lipinski definition) is 1. The van der Waals surface area contributed by atoms with Gasteiger partial charge in [-0.05, 0) is 31.0 Å². The molecule has 0 radical (unpaired) electrons. The van der Waals surface area contributed by atoms with E-state index in [2.05, 4.69) is 0 Å². The van der Waals surface area contributed by atoms with Crippen molar-refractivity contribution in [2.24, 2.45) is 0 Å². The Balaban J connectivity index is 2.87. The van der Waals surface area contributed by atoms with Crippen LogP contribution < -0.4 is 0 Å². The van der Waals surface area contributed by atoms with Crippen LogP contribution in [0.2, 0.25) is 0 Å². The Kier molecular flexibility index (Phi) is 5.10. The summed E-state index contributed by atoms with van der Waals surface area (Å²) in [6.45, 7) is 3.72. The van der Waals surface area contributed by atoms with Crippen LogP contribution in [0.15, 0.2) is 24.3 Å². The van der Waals surface area contributed by atoms with Crippen LogP contribution in [0.25, 0.3) is 0 Å². The van der Waals surface area contributed by atoms with Gasteiger partial charge in [0.05, 0.1) is 6.61 Å². The van der Waals surface area contributed by atoms with Gasteiger partial charge in [0.1, 0.15) is 5.82 Å². The Morgan fingerprint density at radius 2 is 2.18 bits per heavy atom. The Morgan fingerprint density at radius 1 is 1.47 bits per heavy atom. The average molecular weight is 240 g/mol. The molecule has 0 aliphatic heterocycles. The molecular weight excluding hydrogens is 223 g/mol. The number of hydrogen-bond acceptors (Lipinski definition) is 3. The lowest BCUT2D eigenvalue weighted by Gasteiger charge is -2.20. The molecule has 1 rings (SSSR count). The van der Waals surface area contributed by atoms with E-state index in [-0.39, 0.29) is 12.4 Å². The molecule has 0 saturated carbocycles. The fourth-order valence-electron chi connectivity index (χ4n) is 1.77. The third-order valence-corrected chi connectivity index (χ3v) is 2.63. The molecule has 0 saturated heterocycles. The predicted molar refractivity (Wildman–Crippen MR) is 62.1 cm³/mol. The van der Waals surface area contributed by atoms with E-state index >= 15 is 0 Å². The van der Waals surface area contributed by atoms with E-state index in [4.69, 9.17) is 4.74 Å². The Hall–Kier alpha value is -1.42. The van der Waals surface area contributed by atoms with Crippen LogP contribution in [0.4, 0.5) is 4.39 Å². The first kappa shape index (κ1) is 13.6. The molecular formula is C13H17FO3. The summed E-state index contributed by atoms with van der Waals surface area (Å²) in [5.74, 6) is -1.48. The van der Waals surface area contributed by atoms with Gasteiger partial charge in [-0.1, -0.05) is 19.1 Å². The molecule has 0 spiro atoms. The van der Waals surface area contributed by atoms with E-state index in [1.807, 2.05) is 6.92 Å². The van der Waals surface area contributed by atoms with E-state index in [9.17, 15) is 14.3 Å². The third kappa shape index (κ3) is 3.53. The van der Waals surface area contributed by atoms with E-state index in [1.165, 1.54) is 12.1 Å². The highest BCUT2D eigenvalue weighted by molar-refractivity contribution is 5.75. The molecule has 0 aliphatic rings. The van der Waals surface area contributed by atoms with E-state index in [0.29, 0.717) is 12.0 Å². The largest absolute Gasteiger partial charge is 0.464 e. The number of benzene rings is 1. The standard InChI is InChI=1S/C13H17FO3/c1-3-11(12(15)13(16)17-4-2)9-6-5-7-10(14)8-9/h5-8,11-12,15H,3-4H2,1-2H3. The summed E-state index contributed by atoms with van der Waals surface area (Å²) in [7, 11) is 0. The van der Waals surface area contributed by atoms with E-state index in [0.717, 1.165) is 0 Å². The summed E-state index contributed by atoms with van der Waals surface area (Å²) < 4.78 is 17.8. The van der Waals surface area contributed by atoms with Crippen molar-refractivity contribution in [1.29, 1.82) is 0 Å². The Bertz CT molecular complexity index is 379. The number of carbonyl (C=O) groups excluding carboxylic acids is 1. The number of ether oxygens (including phenoxy) is 1. The maximum Gasteiger partial charge on any atom is 0.335 e. The van der Waals surface area contributed by atoms with Crippen LogP contribution in [0.5, 0.6) is 0 Å². The van der Waals surface area contributed by atoms with Crippen LogP contribution >= 0.6 is 0 Å². The fourth-order valence-corrected chi connectivity index (χ4v) is 1.77. The van der Waals surface area contributed by atoms with Crippen LogP contribution in [0.1, 0.15) is 31.7 Å². The summed E-state index contributed by atoms with van der Waals surface area (Å²) in [4.78, 5) is 11.4. The fraction of sp³-hybridized carbons (Fsp3) is 0.462. The molecule has 2 unspecified atom stereocenters. The van der Waals surface area contributed by atoms with E-state index < -0.39 is 18.0 Å². The molecule has 0 aromatic heterocycles. The molecule has 1 N–H and O–H groups in total. The van der Waals surface area contributed by atoms with Gasteiger partial charge in [0.15, 0.2) is 6.10 Å². The molecule has 0 fully saturated rings. The van der Waals surface area contributed by atoms with E-state index in [1.54, 1.807) is 19.1 Å². The first-order valence-corrected chi connectivity index (χ1v) is 5.70. The molecule has 17 heavy (non-hydrogen) atoms. The molecule has 0 aliphatic carbocycles. The number of rotatable bonds is 5. The zero-order chi connectivity index (χ0) is 12.8. The summed E-state index contributed by atoms with van der Waals surface area (Å²) in [5, 5.41) is 9.86. The molecule has 94 valence electrons. The highest BCUT2D eigenvalue weighted by atomic mass is 19.1. The zero-order valence-electron chi connectivity index (χ0n) is 10.0. The Morgan fingerprint density at radius 3 is 2.71 bits per heavy atom. The first-order chi connectivity index (χ1) is 8.10. The van der Waals surface area contributed by atoms with Gasteiger partial charge in [-0.15, -0.1) is 0 Å². The SMILES string of the molecule is CCOC(=O)C(O)C(CC)c1cccc(F)c1. The second-order valence-corrected chi connectivity index (χ2v) is 3.77. The number of aliphatic hydroxyl groups excluding tert-OH is 1. The van der Waals surface area contributed by atoms with Crippen molar-refractivity contribution in [3.05, 3.63) is 35.6 Å². The monoisotopic (exact) mass is 240 g/mol. The molecule has 1 aromatic carbocycles. The Labute approximate surface area is 100 Å². The number of aliphatic hydroxyl groups is 1. The summed E-state index contributed by atoms with van der Waals surface area (Å²) >= 11 is 0. The van der Waals surface area contributed by atoms with Gasteiger partial charge in [0.2, 0.25) is 0 Å². The van der Waals surface area contributed by atoms with Crippen molar-refractivity contribution in [2.75, 3.05) is 6.61 Å². The van der Waals surface area contributed by atoms with Crippen LogP contribution in [0.3, 0.4) is 0 Å². The van der Waals surface area contributed by atoms with Gasteiger partial charge in [0.25, 0.3) is 0 Å². The quantitative estimate of drug-likeness (QED) is 0.803. The van der Waals surface area contributed by atoms with Gasteiger partial charge >= 0.3 is 5.97 Å². The van der Waals surface area contributed by atoms with Crippen molar-refractivity contribution in [3.63, 3.8) is 0 Å². The lowest BCUT2D eigenvalue weighted by molar-refractivity contribution is -0.154. The second-order valence-electron chi connectivity index (χ2n) is 3.77. The molecule has 2 atom stereocenters. The normalized spacial score (nSPS) is 14.1. The number of esters is 1. The average Bonchev–Trinajstić information content (AvgIpc) is 2.30. The first-order valence-electron chi connectivity index (χ1n) is 5.70. The molecule has 1 aromatic rings. The molecule has 0 amide bonds. The highest BCUT2D eigenvalue weighted by Gasteiger charge is 2.27. The maximum atomic E-state index is 13.1. The summed E-state index contributed by atoms with van der Waals surface area (Å²) in [6, 6.07) is 5.91. The van der Waals surface area contributed by atoms with Crippen molar-refractivity contribution in [3.8, 4) is 0 Å². The minimum Gasteiger partial charge on any atom is -0.464 e.